The fourth-order valence-electron chi connectivity index (χ4n) is 5.83. The topological polar surface area (TPSA) is 73.4 Å². The summed E-state index contributed by atoms with van der Waals surface area (Å²) in [6.45, 7) is 0.731. The third-order valence-corrected chi connectivity index (χ3v) is 6.44. The van der Waals surface area contributed by atoms with Crippen LogP contribution in [0.3, 0.4) is 0 Å². The van der Waals surface area contributed by atoms with Crippen LogP contribution in [0.25, 0.3) is 0 Å². The van der Waals surface area contributed by atoms with Gasteiger partial charge in [-0.1, -0.05) is 0 Å². The van der Waals surface area contributed by atoms with Gasteiger partial charge in [0.25, 0.3) is 0 Å². The Balaban J connectivity index is 1.39. The van der Waals surface area contributed by atoms with Crippen molar-refractivity contribution in [2.45, 2.75) is 62.6 Å². The number of hydrogen-bond donors (Lipinski definition) is 4. The lowest BCUT2D eigenvalue weighted by Gasteiger charge is -2.57. The van der Waals surface area contributed by atoms with Gasteiger partial charge >= 0.3 is 5.97 Å². The summed E-state index contributed by atoms with van der Waals surface area (Å²) >= 11 is 5.52. The van der Waals surface area contributed by atoms with Crippen LogP contribution in [0.4, 0.5) is 0 Å². The Morgan fingerprint density at radius 1 is 1.14 bits per heavy atom. The highest BCUT2D eigenvalue weighted by Gasteiger charge is 2.51. The zero-order valence-electron chi connectivity index (χ0n) is 12.8. The van der Waals surface area contributed by atoms with Gasteiger partial charge in [0.1, 0.15) is 6.04 Å². The van der Waals surface area contributed by atoms with Crippen molar-refractivity contribution in [2.24, 2.45) is 17.8 Å². The molecule has 4 saturated carbocycles. The smallest absolute Gasteiger partial charge is 0.322 e. The fraction of sp³-hybridized carbons (Fsp3) is 0.875. The zero-order valence-corrected chi connectivity index (χ0v) is 13.6. The third kappa shape index (κ3) is 2.60. The molecular weight excluding hydrogens is 298 g/mol. The molecule has 0 aromatic rings. The van der Waals surface area contributed by atoms with Gasteiger partial charge in [0.15, 0.2) is 5.11 Å². The van der Waals surface area contributed by atoms with E-state index in [9.17, 15) is 9.90 Å². The molecule has 6 heteroatoms. The number of carboxylic acid groups (broad SMARTS) is 1. The molecule has 0 spiro atoms. The number of aliphatic carboxylic acids is 1. The van der Waals surface area contributed by atoms with Crippen molar-refractivity contribution >= 4 is 23.3 Å². The summed E-state index contributed by atoms with van der Waals surface area (Å²) in [5.41, 5.74) is 0.184. The Kier molecular flexibility index (Phi) is 3.57. The summed E-state index contributed by atoms with van der Waals surface area (Å²) in [5, 5.41) is 19.8. The van der Waals surface area contributed by atoms with E-state index in [2.05, 4.69) is 16.0 Å². The van der Waals surface area contributed by atoms with E-state index in [4.69, 9.17) is 12.2 Å². The van der Waals surface area contributed by atoms with Crippen LogP contribution >= 0.6 is 12.2 Å². The Hall–Kier alpha value is -0.880. The predicted octanol–water partition coefficient (Wildman–Crippen LogP) is 1.23. The van der Waals surface area contributed by atoms with Gasteiger partial charge in [-0.2, -0.15) is 0 Å². The van der Waals surface area contributed by atoms with E-state index in [1.165, 1.54) is 38.5 Å². The maximum atomic E-state index is 11.2. The van der Waals surface area contributed by atoms with Crippen LogP contribution in [-0.4, -0.2) is 40.4 Å². The van der Waals surface area contributed by atoms with Crippen LogP contribution in [0.15, 0.2) is 0 Å². The van der Waals surface area contributed by atoms with Gasteiger partial charge in [-0.3, -0.25) is 4.79 Å². The fourth-order valence-corrected chi connectivity index (χ4v) is 6.20. The van der Waals surface area contributed by atoms with Crippen molar-refractivity contribution in [3.05, 3.63) is 0 Å². The highest BCUT2D eigenvalue weighted by atomic mass is 32.1. The average Bonchev–Trinajstić information content (AvgIpc) is 2.84. The summed E-state index contributed by atoms with van der Waals surface area (Å²) in [7, 11) is 0. The van der Waals surface area contributed by atoms with Crippen molar-refractivity contribution < 1.29 is 9.90 Å². The second-order valence-electron chi connectivity index (χ2n) is 7.96. The maximum absolute atomic E-state index is 11.2. The van der Waals surface area contributed by atoms with Crippen LogP contribution in [0.2, 0.25) is 0 Å². The van der Waals surface area contributed by atoms with Crippen molar-refractivity contribution in [2.75, 3.05) is 6.54 Å². The first-order valence-electron chi connectivity index (χ1n) is 8.58. The first-order chi connectivity index (χ1) is 10.5. The molecule has 5 fully saturated rings. The van der Waals surface area contributed by atoms with E-state index >= 15 is 0 Å². The van der Waals surface area contributed by atoms with E-state index in [1.54, 1.807) is 0 Å². The summed E-state index contributed by atoms with van der Waals surface area (Å²) in [6, 6.07) is -0.637. The van der Waals surface area contributed by atoms with Crippen molar-refractivity contribution in [1.29, 1.82) is 0 Å². The lowest BCUT2D eigenvalue weighted by atomic mass is 9.53. The lowest BCUT2D eigenvalue weighted by molar-refractivity contribution is -0.139. The molecule has 4 aliphatic carbocycles. The average molecular weight is 323 g/mol. The molecule has 22 heavy (non-hydrogen) atoms. The number of thiocarbonyl (C=S) groups is 1. The molecule has 1 heterocycles. The molecule has 2 atom stereocenters. The first kappa shape index (κ1) is 14.7. The van der Waals surface area contributed by atoms with Crippen molar-refractivity contribution in [3.8, 4) is 0 Å². The highest BCUT2D eigenvalue weighted by Crippen LogP contribution is 2.55. The minimum atomic E-state index is -0.799. The van der Waals surface area contributed by atoms with Gasteiger partial charge in [-0.25, -0.2) is 0 Å². The molecular formula is C16H25N3O2S. The van der Waals surface area contributed by atoms with Crippen LogP contribution in [0.1, 0.15) is 44.9 Å². The third-order valence-electron chi connectivity index (χ3n) is 6.22. The Bertz CT molecular complexity index is 460. The van der Waals surface area contributed by atoms with Crippen LogP contribution < -0.4 is 16.0 Å². The van der Waals surface area contributed by atoms with Gasteiger partial charge in [0, 0.05) is 5.54 Å². The van der Waals surface area contributed by atoms with Gasteiger partial charge < -0.3 is 21.1 Å². The molecule has 4 N–H and O–H groups in total. The van der Waals surface area contributed by atoms with Gasteiger partial charge in [-0.05, 0) is 81.5 Å². The Morgan fingerprint density at radius 3 is 2.27 bits per heavy atom. The molecule has 5 rings (SSSR count). The van der Waals surface area contributed by atoms with E-state index in [1.807, 2.05) is 0 Å². The second kappa shape index (κ2) is 5.34. The number of nitrogens with one attached hydrogen (secondary N) is 3. The summed E-state index contributed by atoms with van der Waals surface area (Å²) < 4.78 is 0. The molecule has 0 aromatic heterocycles. The van der Waals surface area contributed by atoms with E-state index in [0.29, 0.717) is 5.11 Å². The highest BCUT2D eigenvalue weighted by molar-refractivity contribution is 7.80. The van der Waals surface area contributed by atoms with Crippen molar-refractivity contribution in [1.82, 2.24) is 16.0 Å². The zero-order chi connectivity index (χ0) is 15.3. The number of carbonyl (C=O) groups is 1. The molecule has 0 amide bonds. The normalized spacial score (nSPS) is 45.7. The minimum absolute atomic E-state index is 0.105. The van der Waals surface area contributed by atoms with Gasteiger partial charge in [0.05, 0.1) is 6.04 Å². The summed E-state index contributed by atoms with van der Waals surface area (Å²) in [5.74, 6) is 1.83. The number of carboxylic acids is 1. The number of hydrogen-bond acceptors (Lipinski definition) is 3. The monoisotopic (exact) mass is 323 g/mol. The Labute approximate surface area is 136 Å². The molecule has 122 valence electrons. The van der Waals surface area contributed by atoms with Crippen molar-refractivity contribution in [3.63, 3.8) is 0 Å². The van der Waals surface area contributed by atoms with Crippen LogP contribution in [0, 0.1) is 17.8 Å². The molecule has 4 bridgehead atoms. The molecule has 5 nitrogen and oxygen atoms in total. The molecule has 0 aromatic carbocycles. The van der Waals surface area contributed by atoms with E-state index < -0.39 is 12.0 Å². The lowest BCUT2D eigenvalue weighted by Crippen LogP contribution is -2.62. The molecule has 1 saturated heterocycles. The second-order valence-corrected chi connectivity index (χ2v) is 8.37. The summed E-state index contributed by atoms with van der Waals surface area (Å²) in [4.78, 5) is 11.2. The van der Waals surface area contributed by atoms with E-state index in [-0.39, 0.29) is 11.6 Å². The predicted molar refractivity (Wildman–Crippen MR) is 87.6 cm³/mol. The van der Waals surface area contributed by atoms with Gasteiger partial charge in [-0.15, -0.1) is 0 Å². The van der Waals surface area contributed by atoms with E-state index in [0.717, 1.165) is 30.7 Å². The Morgan fingerprint density at radius 2 is 1.73 bits per heavy atom. The standard InChI is InChI=1S/C16H25N3O2S/c20-14(21)13-12(1-2-17-13)18-15(22)19-16-6-9-3-10(7-16)5-11(4-9)8-16/h9-13,17H,1-8H2,(H,20,21)(H2,18,19,22)/t9?,10?,11?,12?,13-,16?/m0/s1. The largest absolute Gasteiger partial charge is 0.480 e. The molecule has 5 aliphatic rings. The first-order valence-corrected chi connectivity index (χ1v) is 8.99. The van der Waals surface area contributed by atoms with Crippen LogP contribution in [0.5, 0.6) is 0 Å². The quantitative estimate of drug-likeness (QED) is 0.586. The molecule has 1 aliphatic heterocycles. The van der Waals surface area contributed by atoms with Gasteiger partial charge in [0.2, 0.25) is 0 Å². The maximum Gasteiger partial charge on any atom is 0.322 e. The summed E-state index contributed by atoms with van der Waals surface area (Å²) in [6.07, 6.45) is 8.77. The minimum Gasteiger partial charge on any atom is -0.480 e. The van der Waals surface area contributed by atoms with Crippen LogP contribution in [-0.2, 0) is 4.79 Å². The molecule has 1 unspecified atom stereocenters. The SMILES string of the molecule is O=C(O)[C@H]1NCCC1NC(=S)NC12CC3CC(CC(C3)C1)C2. The number of rotatable bonds is 3. The molecule has 0 radical (unpaired) electrons.